The first-order valence-electron chi connectivity index (χ1n) is 12.6. The maximum absolute atomic E-state index is 10.1. The van der Waals surface area contributed by atoms with Crippen molar-refractivity contribution >= 4 is 5.82 Å². The molecule has 1 saturated heterocycles. The molecule has 1 atom stereocenters. The zero-order valence-corrected chi connectivity index (χ0v) is 20.0. The molecule has 178 valence electrons. The average molecular weight is 462 g/mol. The van der Waals surface area contributed by atoms with Gasteiger partial charge in [0.15, 0.2) is 11.6 Å². The highest BCUT2D eigenvalue weighted by Crippen LogP contribution is 2.29. The second-order valence-corrected chi connectivity index (χ2v) is 9.01. The topological polar surface area (TPSA) is 89.4 Å². The molecule has 1 aromatic carbocycles. The Balaban J connectivity index is 1.54. The van der Waals surface area contributed by atoms with E-state index in [-0.39, 0.29) is 17.1 Å². The largest absolute Gasteiger partial charge is 0.485 e. The number of ether oxygens (including phenoxy) is 1. The molecular weight excluding hydrogens is 426 g/mol. The van der Waals surface area contributed by atoms with Crippen molar-refractivity contribution < 1.29 is 12.6 Å². The first-order valence-corrected chi connectivity index (χ1v) is 11.6. The van der Waals surface area contributed by atoms with Gasteiger partial charge in [-0.15, -0.1) is 0 Å². The van der Waals surface area contributed by atoms with Gasteiger partial charge in [-0.25, -0.2) is 4.98 Å². The molecule has 3 aromatic rings. The van der Waals surface area contributed by atoms with E-state index >= 15 is 0 Å². The van der Waals surface area contributed by atoms with Crippen LogP contribution in [0.3, 0.4) is 0 Å². The molecule has 0 spiro atoms. The molecule has 1 aliphatic heterocycles. The molecule has 1 fully saturated rings. The highest BCUT2D eigenvalue weighted by molar-refractivity contribution is 5.65. The molecule has 3 heterocycles. The molecule has 7 nitrogen and oxygen atoms in total. The predicted molar refractivity (Wildman–Crippen MR) is 134 cm³/mol. The van der Waals surface area contributed by atoms with Gasteiger partial charge in [0.05, 0.1) is 15.0 Å². The van der Waals surface area contributed by atoms with Crippen molar-refractivity contribution in [2.24, 2.45) is 0 Å². The van der Waals surface area contributed by atoms with Gasteiger partial charge in [-0.2, -0.15) is 5.10 Å². The number of benzene rings is 1. The van der Waals surface area contributed by atoms with Gasteiger partial charge >= 0.3 is 0 Å². The van der Waals surface area contributed by atoms with Gasteiger partial charge in [0, 0.05) is 29.1 Å². The van der Waals surface area contributed by atoms with Gasteiger partial charge in [-0.3, -0.25) is 4.68 Å². The minimum Gasteiger partial charge on any atom is -0.485 e. The van der Waals surface area contributed by atoms with Gasteiger partial charge < -0.3 is 20.5 Å². The molecule has 2 aromatic heterocycles. The minimum absolute atomic E-state index is 0.0975. The highest BCUT2D eigenvalue weighted by atomic mass is 16.5. The number of rotatable bonds is 6. The Morgan fingerprint density at radius 2 is 2.06 bits per heavy atom. The predicted octanol–water partition coefficient (Wildman–Crippen LogP) is 3.89. The monoisotopic (exact) mass is 461 g/mol. The zero-order chi connectivity index (χ0) is 25.9. The van der Waals surface area contributed by atoms with Crippen LogP contribution in [0, 0.1) is 11.8 Å². The first kappa shape index (κ1) is 21.2. The second-order valence-electron chi connectivity index (χ2n) is 9.01. The standard InChI is InChI=1S/C27H33N5O2/c1-4-27(2,33)11-8-20-6-5-7-21(14-20)19-34-25-15-22(16-29-26(25)28)23-17-30-32(18-23)24-9-12-31(3)13-10-24/h5-7,14-18,24,33H,4,9-10,12-13,19H2,1-3H3,(H2,28,29)/i19D2. The zero-order valence-electron chi connectivity index (χ0n) is 22.0. The molecular formula is C27H33N5O2. The Labute approximate surface area is 204 Å². The van der Waals surface area contributed by atoms with Crippen LogP contribution in [0.2, 0.25) is 0 Å². The summed E-state index contributed by atoms with van der Waals surface area (Å²) < 4.78 is 24.9. The summed E-state index contributed by atoms with van der Waals surface area (Å²) in [6.07, 6.45) is 8.01. The lowest BCUT2D eigenvalue weighted by atomic mass is 10.0. The van der Waals surface area contributed by atoms with Gasteiger partial charge in [0.25, 0.3) is 0 Å². The van der Waals surface area contributed by atoms with Crippen LogP contribution >= 0.6 is 0 Å². The van der Waals surface area contributed by atoms with Crippen molar-refractivity contribution in [1.82, 2.24) is 19.7 Å². The molecule has 0 radical (unpaired) electrons. The SMILES string of the molecule is [2H]C([2H])(Oc1cc(-c2cnn(C3CCN(C)CC3)c2)cnc1N)c1cccc(C#CC(C)(O)CC)c1. The summed E-state index contributed by atoms with van der Waals surface area (Å²) in [7, 11) is 2.13. The van der Waals surface area contributed by atoms with E-state index in [1.165, 1.54) is 0 Å². The smallest absolute Gasteiger partial charge is 0.166 e. The van der Waals surface area contributed by atoms with E-state index in [0.717, 1.165) is 37.1 Å². The number of piperidine rings is 1. The van der Waals surface area contributed by atoms with Gasteiger partial charge in [-0.05, 0) is 70.1 Å². The van der Waals surface area contributed by atoms with Crippen LogP contribution in [-0.2, 0) is 6.56 Å². The maximum atomic E-state index is 10.1. The fraction of sp³-hybridized carbons (Fsp3) is 0.407. The number of aromatic nitrogens is 3. The molecule has 1 unspecified atom stereocenters. The summed E-state index contributed by atoms with van der Waals surface area (Å²) in [5.74, 6) is 5.98. The number of likely N-dealkylation sites (tertiary alicyclic amines) is 1. The van der Waals surface area contributed by atoms with Crippen LogP contribution < -0.4 is 10.5 Å². The molecule has 7 heteroatoms. The summed E-state index contributed by atoms with van der Waals surface area (Å²) >= 11 is 0. The van der Waals surface area contributed by atoms with Crippen LogP contribution in [0.1, 0.15) is 53.0 Å². The minimum atomic E-state index is -2.18. The van der Waals surface area contributed by atoms with Crippen LogP contribution in [0.25, 0.3) is 11.1 Å². The second kappa shape index (κ2) is 10.3. The van der Waals surface area contributed by atoms with Crippen LogP contribution in [-0.4, -0.2) is 50.5 Å². The van der Waals surface area contributed by atoms with E-state index in [4.69, 9.17) is 13.2 Å². The van der Waals surface area contributed by atoms with E-state index in [1.54, 1.807) is 49.6 Å². The molecule has 3 N–H and O–H groups in total. The van der Waals surface area contributed by atoms with Gasteiger partial charge in [-0.1, -0.05) is 30.9 Å². The third-order valence-corrected chi connectivity index (χ3v) is 6.18. The molecule has 0 saturated carbocycles. The fourth-order valence-corrected chi connectivity index (χ4v) is 3.71. The van der Waals surface area contributed by atoms with E-state index < -0.39 is 12.2 Å². The summed E-state index contributed by atoms with van der Waals surface area (Å²) in [6, 6.07) is 8.75. The number of nitrogens with zero attached hydrogens (tertiary/aromatic N) is 4. The fourth-order valence-electron chi connectivity index (χ4n) is 3.71. The summed E-state index contributed by atoms with van der Waals surface area (Å²) in [5, 5.41) is 14.7. The van der Waals surface area contributed by atoms with Crippen molar-refractivity contribution in [3.63, 3.8) is 0 Å². The molecule has 0 aliphatic carbocycles. The third kappa shape index (κ3) is 5.96. The molecule has 4 rings (SSSR count). The van der Waals surface area contributed by atoms with Crippen molar-refractivity contribution in [2.75, 3.05) is 25.9 Å². The van der Waals surface area contributed by atoms with E-state index in [0.29, 0.717) is 18.0 Å². The van der Waals surface area contributed by atoms with Crippen molar-refractivity contribution in [2.45, 2.75) is 51.3 Å². The Hall–Kier alpha value is -3.34. The summed E-state index contributed by atoms with van der Waals surface area (Å²) in [4.78, 5) is 6.56. The van der Waals surface area contributed by atoms with Crippen LogP contribution in [0.4, 0.5) is 5.82 Å². The third-order valence-electron chi connectivity index (χ3n) is 6.18. The number of anilines is 1. The Morgan fingerprint density at radius 3 is 2.82 bits per heavy atom. The molecule has 0 amide bonds. The average Bonchev–Trinajstić information content (AvgIpc) is 3.35. The summed E-state index contributed by atoms with van der Waals surface area (Å²) in [6.45, 7) is 3.40. The van der Waals surface area contributed by atoms with Crippen LogP contribution in [0.15, 0.2) is 48.9 Å². The number of hydrogen-bond donors (Lipinski definition) is 2. The lowest BCUT2D eigenvalue weighted by molar-refractivity contribution is 0.118. The number of aliphatic hydroxyl groups is 1. The van der Waals surface area contributed by atoms with E-state index in [9.17, 15) is 5.11 Å². The van der Waals surface area contributed by atoms with E-state index in [2.05, 4.69) is 33.9 Å². The summed E-state index contributed by atoms with van der Waals surface area (Å²) in [5.41, 5.74) is 7.42. The number of nitrogen functional groups attached to an aromatic ring is 1. The lowest BCUT2D eigenvalue weighted by Gasteiger charge is -2.28. The van der Waals surface area contributed by atoms with Gasteiger partial charge in [0.2, 0.25) is 0 Å². The van der Waals surface area contributed by atoms with Crippen molar-refractivity contribution in [3.05, 3.63) is 60.0 Å². The normalized spacial score (nSPS) is 17.8. The van der Waals surface area contributed by atoms with Gasteiger partial charge in [0.1, 0.15) is 12.2 Å². The Kier molecular flexibility index (Phi) is 6.42. The highest BCUT2D eigenvalue weighted by Gasteiger charge is 2.19. The molecule has 1 aliphatic rings. The van der Waals surface area contributed by atoms with Crippen LogP contribution in [0.5, 0.6) is 5.75 Å². The Bertz CT molecular complexity index is 1270. The number of nitrogens with two attached hydrogens (primary N) is 1. The quantitative estimate of drug-likeness (QED) is 0.542. The maximum Gasteiger partial charge on any atom is 0.166 e. The van der Waals surface area contributed by atoms with E-state index in [1.807, 2.05) is 17.8 Å². The lowest BCUT2D eigenvalue weighted by Crippen LogP contribution is -2.31. The first-order chi connectivity index (χ1) is 17.1. The molecule has 34 heavy (non-hydrogen) atoms. The van der Waals surface area contributed by atoms with Crippen molar-refractivity contribution in [1.29, 1.82) is 0 Å². The van der Waals surface area contributed by atoms with Crippen molar-refractivity contribution in [3.8, 4) is 28.7 Å². The number of pyridine rings is 1. The number of hydrogen-bond acceptors (Lipinski definition) is 6. The Morgan fingerprint density at radius 1 is 1.26 bits per heavy atom. The molecule has 0 bridgehead atoms.